The molecule has 4 nitrogen and oxygen atoms in total. The zero-order chi connectivity index (χ0) is 9.10. The molecule has 0 aromatic carbocycles. The zero-order valence-electron chi connectivity index (χ0n) is 6.76. The number of nitrogens with zero attached hydrogens (tertiary/aromatic N) is 4. The maximum Gasteiger partial charge on any atom is 0.212 e. The minimum Gasteiger partial charge on any atom is -0.248 e. The van der Waals surface area contributed by atoms with Gasteiger partial charge in [0.05, 0.1) is 12.7 Å². The van der Waals surface area contributed by atoms with Gasteiger partial charge >= 0.3 is 0 Å². The molecule has 0 spiro atoms. The van der Waals surface area contributed by atoms with Crippen LogP contribution in [0.1, 0.15) is 5.56 Å². The fourth-order valence-electron chi connectivity index (χ4n) is 1.00. The molecule has 0 saturated carbocycles. The molecule has 0 bridgehead atoms. The van der Waals surface area contributed by atoms with Gasteiger partial charge in [-0.25, -0.2) is 9.67 Å². The van der Waals surface area contributed by atoms with Gasteiger partial charge in [0.15, 0.2) is 0 Å². The molecule has 2 aromatic heterocycles. The Hall–Kier alpha value is -1.78. The standard InChI is InChI=1S/C8H7FN4/c9-8-2-1-7(5-10-8)6-13-4-3-11-12-13/h1-5H,6H2. The first-order valence-corrected chi connectivity index (χ1v) is 3.79. The molecule has 2 aromatic rings. The highest BCUT2D eigenvalue weighted by atomic mass is 19.1. The molecular weight excluding hydrogens is 171 g/mol. The van der Waals surface area contributed by atoms with E-state index in [1.807, 2.05) is 0 Å². The van der Waals surface area contributed by atoms with Crippen LogP contribution in [0.15, 0.2) is 30.7 Å². The Morgan fingerprint density at radius 3 is 2.92 bits per heavy atom. The normalized spacial score (nSPS) is 10.2. The highest BCUT2D eigenvalue weighted by molar-refractivity contribution is 5.09. The maximum absolute atomic E-state index is 12.4. The van der Waals surface area contributed by atoms with Crippen molar-refractivity contribution in [1.82, 2.24) is 20.0 Å². The Bertz CT molecular complexity index is 368. The fraction of sp³-hybridized carbons (Fsp3) is 0.125. The number of rotatable bonds is 2. The van der Waals surface area contributed by atoms with E-state index in [4.69, 9.17) is 0 Å². The van der Waals surface area contributed by atoms with Crippen LogP contribution in [0.5, 0.6) is 0 Å². The third kappa shape index (κ3) is 1.87. The maximum atomic E-state index is 12.4. The molecule has 0 aliphatic heterocycles. The van der Waals surface area contributed by atoms with Crippen LogP contribution in [0.3, 0.4) is 0 Å². The predicted octanol–water partition coefficient (Wildman–Crippen LogP) is 0.861. The molecule has 0 radical (unpaired) electrons. The second-order valence-corrected chi connectivity index (χ2v) is 2.59. The summed E-state index contributed by atoms with van der Waals surface area (Å²) in [6, 6.07) is 3.00. The highest BCUT2D eigenvalue weighted by Crippen LogP contribution is 2.00. The number of pyridine rings is 1. The van der Waals surface area contributed by atoms with Crippen LogP contribution in [0.2, 0.25) is 0 Å². The summed E-state index contributed by atoms with van der Waals surface area (Å²) in [6.45, 7) is 0.563. The number of aromatic nitrogens is 4. The Kier molecular flexibility index (Phi) is 1.99. The molecule has 0 fully saturated rings. The van der Waals surface area contributed by atoms with Crippen LogP contribution >= 0.6 is 0 Å². The van der Waals surface area contributed by atoms with Crippen molar-refractivity contribution in [3.63, 3.8) is 0 Å². The van der Waals surface area contributed by atoms with Gasteiger partial charge in [-0.3, -0.25) is 0 Å². The quantitative estimate of drug-likeness (QED) is 0.640. The molecule has 13 heavy (non-hydrogen) atoms. The number of halogens is 1. The fourth-order valence-corrected chi connectivity index (χ4v) is 1.00. The summed E-state index contributed by atoms with van der Waals surface area (Å²) in [7, 11) is 0. The third-order valence-electron chi connectivity index (χ3n) is 1.61. The molecule has 2 rings (SSSR count). The van der Waals surface area contributed by atoms with Crippen molar-refractivity contribution >= 4 is 0 Å². The van der Waals surface area contributed by atoms with Crippen molar-refractivity contribution in [3.8, 4) is 0 Å². The van der Waals surface area contributed by atoms with Gasteiger partial charge < -0.3 is 0 Å². The average molecular weight is 178 g/mol. The molecule has 0 N–H and O–H groups in total. The lowest BCUT2D eigenvalue weighted by Crippen LogP contribution is -2.01. The van der Waals surface area contributed by atoms with E-state index in [2.05, 4.69) is 15.3 Å². The van der Waals surface area contributed by atoms with E-state index in [0.717, 1.165) is 5.56 Å². The molecule has 5 heteroatoms. The molecule has 0 amide bonds. The van der Waals surface area contributed by atoms with Crippen molar-refractivity contribution in [2.45, 2.75) is 6.54 Å². The molecule has 2 heterocycles. The first-order chi connectivity index (χ1) is 6.34. The van der Waals surface area contributed by atoms with Gasteiger partial charge in [0.1, 0.15) is 0 Å². The lowest BCUT2D eigenvalue weighted by molar-refractivity contribution is 0.578. The zero-order valence-corrected chi connectivity index (χ0v) is 6.76. The van der Waals surface area contributed by atoms with Gasteiger partial charge in [-0.1, -0.05) is 11.3 Å². The van der Waals surface area contributed by atoms with Gasteiger partial charge in [0.2, 0.25) is 5.95 Å². The minimum absolute atomic E-state index is 0.470. The largest absolute Gasteiger partial charge is 0.248 e. The summed E-state index contributed by atoms with van der Waals surface area (Å²) in [6.07, 6.45) is 4.82. The van der Waals surface area contributed by atoms with Gasteiger partial charge in [-0.15, -0.1) is 5.10 Å². The van der Waals surface area contributed by atoms with E-state index in [0.29, 0.717) is 6.54 Å². The summed E-state index contributed by atoms with van der Waals surface area (Å²) in [4.78, 5) is 3.53. The van der Waals surface area contributed by atoms with Crippen LogP contribution < -0.4 is 0 Å². The molecule has 0 aliphatic rings. The smallest absolute Gasteiger partial charge is 0.212 e. The van der Waals surface area contributed by atoms with E-state index in [9.17, 15) is 4.39 Å². The van der Waals surface area contributed by atoms with Gasteiger partial charge in [0.25, 0.3) is 0 Å². The SMILES string of the molecule is Fc1ccc(Cn2ccnn2)cn1. The average Bonchev–Trinajstić information content (AvgIpc) is 2.62. The van der Waals surface area contributed by atoms with Gasteiger partial charge in [-0.05, 0) is 11.6 Å². The number of hydrogen-bond donors (Lipinski definition) is 0. The first kappa shape index (κ1) is 7.85. The van der Waals surface area contributed by atoms with Crippen LogP contribution in [0.4, 0.5) is 4.39 Å². The summed E-state index contributed by atoms with van der Waals surface area (Å²) >= 11 is 0. The molecule has 0 unspecified atom stereocenters. The summed E-state index contributed by atoms with van der Waals surface area (Å²) in [5.41, 5.74) is 0.895. The predicted molar refractivity (Wildman–Crippen MR) is 43.3 cm³/mol. The molecule has 0 atom stereocenters. The van der Waals surface area contributed by atoms with E-state index < -0.39 is 5.95 Å². The Morgan fingerprint density at radius 2 is 2.31 bits per heavy atom. The monoisotopic (exact) mass is 178 g/mol. The van der Waals surface area contributed by atoms with Crippen LogP contribution in [0.25, 0.3) is 0 Å². The second-order valence-electron chi connectivity index (χ2n) is 2.59. The van der Waals surface area contributed by atoms with E-state index in [1.54, 1.807) is 23.1 Å². The third-order valence-corrected chi connectivity index (χ3v) is 1.61. The van der Waals surface area contributed by atoms with Crippen molar-refractivity contribution in [2.24, 2.45) is 0 Å². The summed E-state index contributed by atoms with van der Waals surface area (Å²) in [5, 5.41) is 7.43. The highest BCUT2D eigenvalue weighted by Gasteiger charge is 1.96. The molecule has 0 aliphatic carbocycles. The van der Waals surface area contributed by atoms with Gasteiger partial charge in [0, 0.05) is 12.4 Å². The summed E-state index contributed by atoms with van der Waals surface area (Å²) in [5.74, 6) is -0.470. The Balaban J connectivity index is 2.15. The first-order valence-electron chi connectivity index (χ1n) is 3.79. The lowest BCUT2D eigenvalue weighted by Gasteiger charge is -1.98. The van der Waals surface area contributed by atoms with Crippen LogP contribution in [-0.4, -0.2) is 20.0 Å². The van der Waals surface area contributed by atoms with E-state index in [1.165, 1.54) is 12.3 Å². The minimum atomic E-state index is -0.470. The Labute approximate surface area is 74.0 Å². The van der Waals surface area contributed by atoms with Crippen LogP contribution in [0, 0.1) is 5.95 Å². The Morgan fingerprint density at radius 1 is 1.38 bits per heavy atom. The van der Waals surface area contributed by atoms with Crippen molar-refractivity contribution in [3.05, 3.63) is 42.2 Å². The van der Waals surface area contributed by atoms with Gasteiger partial charge in [-0.2, -0.15) is 4.39 Å². The van der Waals surface area contributed by atoms with E-state index in [-0.39, 0.29) is 0 Å². The van der Waals surface area contributed by atoms with E-state index >= 15 is 0 Å². The lowest BCUT2D eigenvalue weighted by atomic mass is 10.3. The summed E-state index contributed by atoms with van der Waals surface area (Å²) < 4.78 is 14.1. The van der Waals surface area contributed by atoms with Crippen molar-refractivity contribution < 1.29 is 4.39 Å². The van der Waals surface area contributed by atoms with Crippen molar-refractivity contribution in [1.29, 1.82) is 0 Å². The molecule has 0 saturated heterocycles. The number of hydrogen-bond acceptors (Lipinski definition) is 3. The second kappa shape index (κ2) is 3.30. The van der Waals surface area contributed by atoms with Crippen LogP contribution in [-0.2, 0) is 6.54 Å². The molecule has 66 valence electrons. The molecular formula is C8H7FN4. The topological polar surface area (TPSA) is 43.6 Å². The van der Waals surface area contributed by atoms with Crippen molar-refractivity contribution in [2.75, 3.05) is 0 Å².